The minimum Gasteiger partial charge on any atom is -0.369 e. The smallest absolute Gasteiger partial charge is 0.295 e. The Kier molecular flexibility index (Phi) is 11.6. The maximum Gasteiger partial charge on any atom is 0.295 e. The van der Waals surface area contributed by atoms with Crippen LogP contribution in [0.4, 0.5) is 5.82 Å². The van der Waals surface area contributed by atoms with Gasteiger partial charge in [0.05, 0.1) is 25.9 Å². The van der Waals surface area contributed by atoms with Crippen molar-refractivity contribution in [2.45, 2.75) is 40.3 Å². The molecule has 1 aromatic carbocycles. The van der Waals surface area contributed by atoms with Crippen LogP contribution in [0, 0.1) is 5.41 Å². The summed E-state index contributed by atoms with van der Waals surface area (Å²) in [5.74, 6) is 0.897. The number of benzene rings is 1. The van der Waals surface area contributed by atoms with Crippen molar-refractivity contribution in [1.29, 1.82) is 0 Å². The van der Waals surface area contributed by atoms with Crippen LogP contribution in [0.2, 0.25) is 0 Å². The Morgan fingerprint density at radius 3 is 2.69 bits per heavy atom. The van der Waals surface area contributed by atoms with E-state index >= 15 is 0 Å². The summed E-state index contributed by atoms with van der Waals surface area (Å²) in [5, 5.41) is 3.15. The van der Waals surface area contributed by atoms with E-state index in [1.165, 1.54) is 18.1 Å². The van der Waals surface area contributed by atoms with Gasteiger partial charge < -0.3 is 18.7 Å². The van der Waals surface area contributed by atoms with Gasteiger partial charge in [-0.3, -0.25) is 9.36 Å². The SMILES string of the molecule is CCC(C)(C)C(=O)SCCOP(=O)(COCCn1cnc2c(/N=C\N(C)C)ncnc21)NCc1ccccc1. The molecule has 1 N–H and O–H groups in total. The number of nitrogens with zero attached hydrogens (tertiary/aromatic N) is 6. The number of carbonyl (C=O) groups is 1. The first-order chi connectivity index (χ1) is 18.6. The summed E-state index contributed by atoms with van der Waals surface area (Å²) in [6, 6.07) is 9.67. The highest BCUT2D eigenvalue weighted by molar-refractivity contribution is 8.13. The summed E-state index contributed by atoms with van der Waals surface area (Å²) < 4.78 is 27.1. The van der Waals surface area contributed by atoms with E-state index in [2.05, 4.69) is 25.0 Å². The maximum atomic E-state index is 13.6. The Labute approximate surface area is 234 Å². The van der Waals surface area contributed by atoms with Crippen molar-refractivity contribution < 1.29 is 18.6 Å². The minimum atomic E-state index is -3.34. The van der Waals surface area contributed by atoms with Crippen LogP contribution in [0.15, 0.2) is 48.0 Å². The first-order valence-corrected chi connectivity index (χ1v) is 15.6. The Morgan fingerprint density at radius 1 is 1.21 bits per heavy atom. The number of hydrogen-bond acceptors (Lipinski definition) is 9. The number of thioether (sulfide) groups is 1. The third-order valence-electron chi connectivity index (χ3n) is 5.95. The van der Waals surface area contributed by atoms with E-state index in [1.807, 2.05) is 74.7 Å². The second-order valence-electron chi connectivity index (χ2n) is 9.75. The van der Waals surface area contributed by atoms with Crippen molar-refractivity contribution >= 4 is 47.7 Å². The molecule has 212 valence electrons. The Morgan fingerprint density at radius 2 is 1.97 bits per heavy atom. The number of rotatable bonds is 16. The second-order valence-corrected chi connectivity index (χ2v) is 13.0. The molecule has 2 heterocycles. The van der Waals surface area contributed by atoms with Crippen LogP contribution in [0.5, 0.6) is 0 Å². The molecule has 0 bridgehead atoms. The molecule has 0 aliphatic heterocycles. The molecule has 0 aliphatic rings. The van der Waals surface area contributed by atoms with Gasteiger partial charge in [-0.05, 0) is 12.0 Å². The molecule has 3 aromatic rings. The summed E-state index contributed by atoms with van der Waals surface area (Å²) in [7, 11) is 0.406. The van der Waals surface area contributed by atoms with Gasteiger partial charge in [-0.2, -0.15) is 0 Å². The molecule has 0 fully saturated rings. The number of aromatic nitrogens is 4. The molecule has 0 radical (unpaired) electrons. The van der Waals surface area contributed by atoms with Gasteiger partial charge in [-0.1, -0.05) is 62.9 Å². The molecule has 11 nitrogen and oxygen atoms in total. The standard InChI is InChI=1S/C26H38N7O4PS/c1-6-26(2,3)25(34)39-15-14-37-38(35,31-16-21-10-8-7-9-11-21)20-36-13-12-33-19-29-22-23(30-18-32(4)5)27-17-28-24(22)33/h7-11,17-19H,6,12-16,20H2,1-5H3,(H,31,35)/b30-18-. The summed E-state index contributed by atoms with van der Waals surface area (Å²) in [4.78, 5) is 31.5. The molecule has 0 saturated heterocycles. The van der Waals surface area contributed by atoms with Crippen LogP contribution in [-0.2, 0) is 31.7 Å². The van der Waals surface area contributed by atoms with Gasteiger partial charge in [0.15, 0.2) is 22.1 Å². The van der Waals surface area contributed by atoms with Crippen LogP contribution in [0.3, 0.4) is 0 Å². The van der Waals surface area contributed by atoms with Gasteiger partial charge in [0, 0.05) is 38.4 Å². The molecular weight excluding hydrogens is 537 g/mol. The zero-order valence-corrected chi connectivity index (χ0v) is 25.0. The first-order valence-electron chi connectivity index (χ1n) is 12.8. The van der Waals surface area contributed by atoms with Crippen molar-refractivity contribution in [1.82, 2.24) is 29.5 Å². The van der Waals surface area contributed by atoms with E-state index in [0.29, 0.717) is 35.8 Å². The lowest BCUT2D eigenvalue weighted by atomic mass is 9.92. The largest absolute Gasteiger partial charge is 0.369 e. The van der Waals surface area contributed by atoms with Gasteiger partial charge >= 0.3 is 0 Å². The zero-order chi connectivity index (χ0) is 28.3. The summed E-state index contributed by atoms with van der Waals surface area (Å²) in [6.07, 6.45) is 5.41. The predicted molar refractivity (Wildman–Crippen MR) is 156 cm³/mol. The lowest BCUT2D eigenvalue weighted by molar-refractivity contribution is -0.118. The van der Waals surface area contributed by atoms with E-state index in [1.54, 1.807) is 12.7 Å². The average Bonchev–Trinajstić information content (AvgIpc) is 3.35. The molecule has 0 amide bonds. The van der Waals surface area contributed by atoms with Gasteiger partial charge in [-0.15, -0.1) is 0 Å². The highest BCUT2D eigenvalue weighted by Gasteiger charge is 2.27. The number of ether oxygens (including phenoxy) is 1. The van der Waals surface area contributed by atoms with Gasteiger partial charge in [-0.25, -0.2) is 25.0 Å². The topological polar surface area (TPSA) is 124 Å². The van der Waals surface area contributed by atoms with Gasteiger partial charge in [0.2, 0.25) is 0 Å². The number of carbonyl (C=O) groups excluding carboxylic acids is 1. The van der Waals surface area contributed by atoms with E-state index in [-0.39, 0.29) is 24.7 Å². The Hall–Kier alpha value is -2.63. The van der Waals surface area contributed by atoms with E-state index in [0.717, 1.165) is 12.0 Å². The Bertz CT molecular complexity index is 1280. The fourth-order valence-electron chi connectivity index (χ4n) is 3.24. The van der Waals surface area contributed by atoms with Crippen LogP contribution in [-0.4, -0.2) is 75.3 Å². The third-order valence-corrected chi connectivity index (χ3v) is 8.90. The molecular formula is C26H38N7O4PS. The Balaban J connectivity index is 1.57. The fourth-order valence-corrected chi connectivity index (χ4v) is 5.69. The molecule has 3 rings (SSSR count). The van der Waals surface area contributed by atoms with Crippen LogP contribution in [0.1, 0.15) is 32.8 Å². The third kappa shape index (κ3) is 9.51. The quantitative estimate of drug-likeness (QED) is 0.111. The number of aliphatic imine (C=N–C) groups is 1. The molecule has 1 atom stereocenters. The van der Waals surface area contributed by atoms with Crippen molar-refractivity contribution in [3.05, 3.63) is 48.5 Å². The maximum absolute atomic E-state index is 13.6. The van der Waals surface area contributed by atoms with Crippen molar-refractivity contribution in [3.63, 3.8) is 0 Å². The van der Waals surface area contributed by atoms with Gasteiger partial charge in [0.25, 0.3) is 7.52 Å². The average molecular weight is 576 g/mol. The lowest BCUT2D eigenvalue weighted by Gasteiger charge is -2.22. The lowest BCUT2D eigenvalue weighted by Crippen LogP contribution is -2.21. The molecule has 1 unspecified atom stereocenters. The summed E-state index contributed by atoms with van der Waals surface area (Å²) in [5.41, 5.74) is 1.81. The van der Waals surface area contributed by atoms with E-state index in [4.69, 9.17) is 9.26 Å². The molecule has 13 heteroatoms. The van der Waals surface area contributed by atoms with Crippen LogP contribution in [0.25, 0.3) is 11.2 Å². The van der Waals surface area contributed by atoms with Crippen molar-refractivity contribution in [2.24, 2.45) is 10.4 Å². The number of fused-ring (bicyclic) bond motifs is 1. The molecule has 0 aliphatic carbocycles. The predicted octanol–water partition coefficient (Wildman–Crippen LogP) is 4.72. The van der Waals surface area contributed by atoms with E-state index < -0.39 is 12.9 Å². The highest BCUT2D eigenvalue weighted by Crippen LogP contribution is 2.43. The molecule has 2 aromatic heterocycles. The molecule has 0 saturated carbocycles. The first kappa shape index (κ1) is 30.9. The normalized spacial score (nSPS) is 13.7. The second kappa shape index (κ2) is 14.7. The summed E-state index contributed by atoms with van der Waals surface area (Å²) in [6.45, 7) is 7.09. The fraction of sp³-hybridized carbons (Fsp3) is 0.500. The van der Waals surface area contributed by atoms with Crippen molar-refractivity contribution in [2.75, 3.05) is 39.4 Å². The van der Waals surface area contributed by atoms with E-state index in [9.17, 15) is 9.36 Å². The van der Waals surface area contributed by atoms with Crippen molar-refractivity contribution in [3.8, 4) is 0 Å². The van der Waals surface area contributed by atoms with Crippen LogP contribution < -0.4 is 5.09 Å². The van der Waals surface area contributed by atoms with Gasteiger partial charge in [0.1, 0.15) is 12.7 Å². The molecule has 39 heavy (non-hydrogen) atoms. The van der Waals surface area contributed by atoms with Crippen LogP contribution >= 0.6 is 19.3 Å². The number of nitrogens with one attached hydrogen (secondary N) is 1. The number of hydrogen-bond donors (Lipinski definition) is 1. The zero-order valence-electron chi connectivity index (χ0n) is 23.2. The monoisotopic (exact) mass is 575 g/mol. The highest BCUT2D eigenvalue weighted by atomic mass is 32.2. The molecule has 0 spiro atoms. The summed E-state index contributed by atoms with van der Waals surface area (Å²) >= 11 is 1.21. The number of imidazole rings is 1. The minimum absolute atomic E-state index is 0.101.